The molecular formula is C9H10ClFN2O2. The third-order valence-electron chi connectivity index (χ3n) is 1.86. The first-order valence-electron chi connectivity index (χ1n) is 3.89. The summed E-state index contributed by atoms with van der Waals surface area (Å²) in [6.07, 6.45) is 0. The minimum atomic E-state index is -0.958. The van der Waals surface area contributed by atoms with E-state index in [1.165, 1.54) is 6.07 Å². The number of rotatable bonds is 2. The van der Waals surface area contributed by atoms with Crippen molar-refractivity contribution in [1.29, 1.82) is 5.26 Å². The topological polar surface area (TPSA) is 90.3 Å². The van der Waals surface area contributed by atoms with Crippen molar-refractivity contribution in [3.8, 4) is 11.8 Å². The number of hydrogen-bond donors (Lipinski definition) is 3. The van der Waals surface area contributed by atoms with Crippen LogP contribution >= 0.6 is 12.4 Å². The molecule has 0 aliphatic carbocycles. The number of benzene rings is 1. The number of aliphatic hydroxyl groups is 1. The quantitative estimate of drug-likeness (QED) is 0.704. The molecule has 0 amide bonds. The maximum absolute atomic E-state index is 12.9. The minimum Gasteiger partial charge on any atom is -0.505 e. The Labute approximate surface area is 92.2 Å². The molecule has 0 bridgehead atoms. The van der Waals surface area contributed by atoms with E-state index in [-0.39, 0.29) is 23.5 Å². The van der Waals surface area contributed by atoms with E-state index in [1.54, 1.807) is 6.07 Å². The van der Waals surface area contributed by atoms with Crippen LogP contribution in [0.3, 0.4) is 0 Å². The summed E-state index contributed by atoms with van der Waals surface area (Å²) in [6.45, 7) is -0.467. The first-order valence-corrected chi connectivity index (χ1v) is 3.89. The van der Waals surface area contributed by atoms with Crippen LogP contribution in [0, 0.1) is 17.1 Å². The summed E-state index contributed by atoms with van der Waals surface area (Å²) in [5.74, 6) is -1.53. The van der Waals surface area contributed by atoms with Crippen molar-refractivity contribution in [3.63, 3.8) is 0 Å². The van der Waals surface area contributed by atoms with Crippen LogP contribution in [0.25, 0.3) is 0 Å². The molecule has 0 heterocycles. The van der Waals surface area contributed by atoms with Gasteiger partial charge in [0, 0.05) is 5.56 Å². The molecule has 15 heavy (non-hydrogen) atoms. The molecule has 1 aromatic carbocycles. The monoisotopic (exact) mass is 232 g/mol. The van der Waals surface area contributed by atoms with Crippen LogP contribution in [0.1, 0.15) is 17.2 Å². The zero-order valence-corrected chi connectivity index (χ0v) is 8.46. The van der Waals surface area contributed by atoms with E-state index in [0.29, 0.717) is 0 Å². The number of aromatic hydroxyl groups is 1. The number of phenols is 1. The van der Waals surface area contributed by atoms with Gasteiger partial charge in [0.2, 0.25) is 0 Å². The summed E-state index contributed by atoms with van der Waals surface area (Å²) in [6, 6.07) is 2.98. The molecule has 4 N–H and O–H groups in total. The van der Waals surface area contributed by atoms with Crippen molar-refractivity contribution in [1.82, 2.24) is 0 Å². The Balaban J connectivity index is 0.00000196. The summed E-state index contributed by atoms with van der Waals surface area (Å²) in [7, 11) is 0. The SMILES string of the molecule is Cl.N#Cc1ccc(F)c(O)c1[C@@H](N)CO. The Morgan fingerprint density at radius 2 is 2.13 bits per heavy atom. The zero-order chi connectivity index (χ0) is 10.7. The van der Waals surface area contributed by atoms with Crippen LogP contribution in [0.4, 0.5) is 4.39 Å². The molecule has 0 saturated carbocycles. The highest BCUT2D eigenvalue weighted by atomic mass is 35.5. The second-order valence-electron chi connectivity index (χ2n) is 2.76. The smallest absolute Gasteiger partial charge is 0.165 e. The van der Waals surface area contributed by atoms with Crippen LogP contribution in [0.15, 0.2) is 12.1 Å². The summed E-state index contributed by atoms with van der Waals surface area (Å²) in [4.78, 5) is 0. The van der Waals surface area contributed by atoms with Crippen molar-refractivity contribution in [2.75, 3.05) is 6.61 Å². The molecule has 0 fully saturated rings. The number of nitrogens with zero attached hydrogens (tertiary/aromatic N) is 1. The van der Waals surface area contributed by atoms with Crippen molar-refractivity contribution in [2.24, 2.45) is 5.73 Å². The van der Waals surface area contributed by atoms with E-state index in [0.717, 1.165) is 6.07 Å². The number of hydrogen-bond acceptors (Lipinski definition) is 4. The fraction of sp³-hybridized carbons (Fsp3) is 0.222. The molecule has 0 aromatic heterocycles. The lowest BCUT2D eigenvalue weighted by Gasteiger charge is -2.12. The van der Waals surface area contributed by atoms with Crippen LogP contribution in [-0.2, 0) is 0 Å². The third kappa shape index (κ3) is 2.57. The van der Waals surface area contributed by atoms with Gasteiger partial charge in [-0.3, -0.25) is 0 Å². The lowest BCUT2D eigenvalue weighted by molar-refractivity contribution is 0.264. The molecule has 1 aromatic rings. The number of nitrogens with two attached hydrogens (primary N) is 1. The van der Waals surface area contributed by atoms with Gasteiger partial charge in [0.15, 0.2) is 11.6 Å². The normalized spacial score (nSPS) is 11.3. The fourth-order valence-electron chi connectivity index (χ4n) is 1.15. The van der Waals surface area contributed by atoms with Crippen molar-refractivity contribution >= 4 is 12.4 Å². The molecule has 4 nitrogen and oxygen atoms in total. The number of aliphatic hydroxyl groups excluding tert-OH is 1. The first-order chi connectivity index (χ1) is 6.61. The second-order valence-corrected chi connectivity index (χ2v) is 2.76. The van der Waals surface area contributed by atoms with Gasteiger partial charge >= 0.3 is 0 Å². The number of nitriles is 1. The maximum atomic E-state index is 12.9. The second kappa shape index (κ2) is 5.51. The highest BCUT2D eigenvalue weighted by Gasteiger charge is 2.18. The first kappa shape index (κ1) is 13.7. The summed E-state index contributed by atoms with van der Waals surface area (Å²) < 4.78 is 12.9. The van der Waals surface area contributed by atoms with E-state index >= 15 is 0 Å². The van der Waals surface area contributed by atoms with Crippen molar-refractivity contribution in [2.45, 2.75) is 6.04 Å². The number of halogens is 2. The van der Waals surface area contributed by atoms with Crippen molar-refractivity contribution in [3.05, 3.63) is 29.1 Å². The Morgan fingerprint density at radius 1 is 1.53 bits per heavy atom. The standard InChI is InChI=1S/C9H9FN2O2.ClH/c10-6-2-1-5(3-11)8(9(6)14)7(12)4-13;/h1-2,7,13-14H,4,12H2;1H/t7-;/m0./s1. The van der Waals surface area contributed by atoms with Crippen molar-refractivity contribution < 1.29 is 14.6 Å². The molecule has 0 aliphatic rings. The largest absolute Gasteiger partial charge is 0.505 e. The maximum Gasteiger partial charge on any atom is 0.165 e. The van der Waals surface area contributed by atoms with Gasteiger partial charge in [-0.05, 0) is 12.1 Å². The minimum absolute atomic E-state index is 0. The lowest BCUT2D eigenvalue weighted by atomic mass is 10.0. The number of phenolic OH excluding ortho intramolecular Hbond substituents is 1. The Kier molecular flexibility index (Phi) is 5.02. The molecule has 0 unspecified atom stereocenters. The Hall–Kier alpha value is -1.35. The average molecular weight is 233 g/mol. The van der Waals surface area contributed by atoms with Gasteiger partial charge < -0.3 is 15.9 Å². The average Bonchev–Trinajstić information content (AvgIpc) is 2.20. The summed E-state index contributed by atoms with van der Waals surface area (Å²) in [5.41, 5.74) is 5.41. The fourth-order valence-corrected chi connectivity index (χ4v) is 1.15. The molecular weight excluding hydrogens is 223 g/mol. The molecule has 0 radical (unpaired) electrons. The van der Waals surface area contributed by atoms with E-state index < -0.39 is 24.2 Å². The molecule has 0 aliphatic heterocycles. The van der Waals surface area contributed by atoms with Crippen LogP contribution < -0.4 is 5.73 Å². The van der Waals surface area contributed by atoms with Gasteiger partial charge in [0.05, 0.1) is 24.3 Å². The highest BCUT2D eigenvalue weighted by molar-refractivity contribution is 5.85. The van der Waals surface area contributed by atoms with Crippen LogP contribution in [0.2, 0.25) is 0 Å². The van der Waals surface area contributed by atoms with E-state index in [1.807, 2.05) is 0 Å². The Bertz CT molecular complexity index is 392. The molecule has 1 atom stereocenters. The molecule has 0 saturated heterocycles. The third-order valence-corrected chi connectivity index (χ3v) is 1.86. The van der Waals surface area contributed by atoms with Crippen LogP contribution in [0.5, 0.6) is 5.75 Å². The van der Waals surface area contributed by atoms with Gasteiger partial charge in [0.25, 0.3) is 0 Å². The summed E-state index contributed by atoms with van der Waals surface area (Å²) in [5, 5.41) is 26.7. The highest BCUT2D eigenvalue weighted by Crippen LogP contribution is 2.28. The molecule has 0 spiro atoms. The molecule has 82 valence electrons. The van der Waals surface area contributed by atoms with E-state index in [2.05, 4.69) is 0 Å². The van der Waals surface area contributed by atoms with Gasteiger partial charge in [-0.25, -0.2) is 4.39 Å². The van der Waals surface area contributed by atoms with Gasteiger partial charge in [0.1, 0.15) is 0 Å². The van der Waals surface area contributed by atoms with Gasteiger partial charge in [-0.1, -0.05) is 0 Å². The Morgan fingerprint density at radius 3 is 2.60 bits per heavy atom. The predicted molar refractivity (Wildman–Crippen MR) is 54.0 cm³/mol. The molecule has 6 heteroatoms. The lowest BCUT2D eigenvalue weighted by Crippen LogP contribution is -2.16. The van der Waals surface area contributed by atoms with Crippen LogP contribution in [-0.4, -0.2) is 16.8 Å². The van der Waals surface area contributed by atoms with E-state index in [9.17, 15) is 9.50 Å². The zero-order valence-electron chi connectivity index (χ0n) is 7.64. The van der Waals surface area contributed by atoms with E-state index in [4.69, 9.17) is 16.1 Å². The molecule has 1 rings (SSSR count). The predicted octanol–water partition coefficient (Wildman–Crippen LogP) is 0.817. The summed E-state index contributed by atoms with van der Waals surface area (Å²) >= 11 is 0. The van der Waals surface area contributed by atoms with Gasteiger partial charge in [-0.2, -0.15) is 5.26 Å². The van der Waals surface area contributed by atoms with Gasteiger partial charge in [-0.15, -0.1) is 12.4 Å².